The highest BCUT2D eigenvalue weighted by atomic mass is 35.5. The number of aliphatic hydroxyl groups is 2. The van der Waals surface area contributed by atoms with Gasteiger partial charge in [-0.2, -0.15) is 0 Å². The summed E-state index contributed by atoms with van der Waals surface area (Å²) < 4.78 is 5.76. The number of rotatable bonds is 5. The van der Waals surface area contributed by atoms with Gasteiger partial charge < -0.3 is 14.9 Å². The number of ether oxygens (including phenoxy) is 1. The van der Waals surface area contributed by atoms with Gasteiger partial charge in [0.15, 0.2) is 5.56 Å². The topological polar surface area (TPSA) is 49.7 Å². The maximum absolute atomic E-state index is 9.44. The van der Waals surface area contributed by atoms with E-state index in [0.29, 0.717) is 17.8 Å². The van der Waals surface area contributed by atoms with Crippen LogP contribution in [0.3, 0.4) is 0 Å². The predicted octanol–water partition coefficient (Wildman–Crippen LogP) is 2.38. The van der Waals surface area contributed by atoms with Gasteiger partial charge in [-0.05, 0) is 30.6 Å². The number of hydrogen-bond donors (Lipinski definition) is 2. The van der Waals surface area contributed by atoms with E-state index in [1.165, 1.54) is 12.8 Å². The highest BCUT2D eigenvalue weighted by molar-refractivity contribution is 6.19. The van der Waals surface area contributed by atoms with Crippen LogP contribution in [0.2, 0.25) is 0 Å². The Bertz CT molecular complexity index is 221. The van der Waals surface area contributed by atoms with Crippen molar-refractivity contribution >= 4 is 11.6 Å². The summed E-state index contributed by atoms with van der Waals surface area (Å²) in [5.41, 5.74) is -1.24. The van der Waals surface area contributed by atoms with Gasteiger partial charge in [0.1, 0.15) is 6.10 Å². The van der Waals surface area contributed by atoms with Crippen LogP contribution in [-0.4, -0.2) is 34.6 Å². The fraction of sp³-hybridized carbons (Fsp3) is 1.00. The molecule has 0 aromatic carbocycles. The van der Waals surface area contributed by atoms with Gasteiger partial charge in [0.2, 0.25) is 0 Å². The van der Waals surface area contributed by atoms with Gasteiger partial charge >= 0.3 is 0 Å². The van der Waals surface area contributed by atoms with Crippen LogP contribution in [-0.2, 0) is 4.74 Å². The fourth-order valence-corrected chi connectivity index (χ4v) is 2.68. The average molecular weight is 265 g/mol. The molecule has 0 aromatic heterocycles. The van der Waals surface area contributed by atoms with E-state index in [4.69, 9.17) is 21.4 Å². The SMILES string of the molecule is CC1CCC(C(C)C)C(OCC(O)C(O)Cl)C1. The summed E-state index contributed by atoms with van der Waals surface area (Å²) in [5.74, 6) is 1.81. The molecule has 0 aromatic rings. The molecule has 4 heteroatoms. The van der Waals surface area contributed by atoms with Crippen molar-refractivity contribution in [2.75, 3.05) is 6.61 Å². The van der Waals surface area contributed by atoms with Crippen molar-refractivity contribution in [2.24, 2.45) is 17.8 Å². The molecule has 1 rings (SSSR count). The molecule has 1 saturated carbocycles. The molecule has 1 aliphatic carbocycles. The minimum Gasteiger partial charge on any atom is -0.387 e. The van der Waals surface area contributed by atoms with E-state index < -0.39 is 11.7 Å². The third-order valence-corrected chi connectivity index (χ3v) is 4.05. The molecule has 5 unspecified atom stereocenters. The van der Waals surface area contributed by atoms with Crippen LogP contribution in [0.15, 0.2) is 0 Å². The van der Waals surface area contributed by atoms with Crippen LogP contribution in [0, 0.1) is 17.8 Å². The van der Waals surface area contributed by atoms with Crippen LogP contribution < -0.4 is 0 Å². The molecule has 0 saturated heterocycles. The molecule has 0 heterocycles. The Morgan fingerprint density at radius 3 is 2.47 bits per heavy atom. The Hall–Kier alpha value is 0.170. The lowest BCUT2D eigenvalue weighted by Crippen LogP contribution is -2.37. The number of halogens is 1. The molecule has 3 nitrogen and oxygen atoms in total. The molecule has 0 amide bonds. The van der Waals surface area contributed by atoms with Crippen LogP contribution >= 0.6 is 11.6 Å². The van der Waals surface area contributed by atoms with Crippen molar-refractivity contribution in [3.05, 3.63) is 0 Å². The smallest absolute Gasteiger partial charge is 0.155 e. The molecular weight excluding hydrogens is 240 g/mol. The summed E-state index contributed by atoms with van der Waals surface area (Å²) in [6, 6.07) is 0. The molecule has 1 fully saturated rings. The lowest BCUT2D eigenvalue weighted by molar-refractivity contribution is -0.0830. The zero-order chi connectivity index (χ0) is 13.0. The Kier molecular flexibility index (Phi) is 6.21. The lowest BCUT2D eigenvalue weighted by Gasteiger charge is -2.37. The number of hydrogen-bond acceptors (Lipinski definition) is 3. The van der Waals surface area contributed by atoms with Crippen LogP contribution in [0.25, 0.3) is 0 Å². The zero-order valence-corrected chi connectivity index (χ0v) is 11.7. The van der Waals surface area contributed by atoms with E-state index in [0.717, 1.165) is 6.42 Å². The molecule has 17 heavy (non-hydrogen) atoms. The summed E-state index contributed by atoms with van der Waals surface area (Å²) in [4.78, 5) is 0. The maximum atomic E-state index is 9.44. The predicted molar refractivity (Wildman–Crippen MR) is 68.9 cm³/mol. The van der Waals surface area contributed by atoms with Crippen molar-refractivity contribution in [3.8, 4) is 0 Å². The minimum atomic E-state index is -1.24. The van der Waals surface area contributed by atoms with Gasteiger partial charge in [-0.1, -0.05) is 38.8 Å². The molecule has 0 bridgehead atoms. The average Bonchev–Trinajstić information content (AvgIpc) is 2.25. The molecule has 102 valence electrons. The van der Waals surface area contributed by atoms with E-state index in [-0.39, 0.29) is 12.7 Å². The van der Waals surface area contributed by atoms with Gasteiger partial charge in [-0.15, -0.1) is 0 Å². The second-order valence-corrected chi connectivity index (χ2v) is 6.09. The standard InChI is InChI=1S/C13H25ClO3/c1-8(2)10-5-4-9(3)6-12(10)17-7-11(15)13(14)16/h8-13,15-16H,4-7H2,1-3H3. The molecule has 0 spiro atoms. The fourth-order valence-electron chi connectivity index (χ4n) is 2.61. The first kappa shape index (κ1) is 15.2. The van der Waals surface area contributed by atoms with E-state index in [1.54, 1.807) is 0 Å². The van der Waals surface area contributed by atoms with Crippen molar-refractivity contribution in [1.29, 1.82) is 0 Å². The summed E-state index contributed by atoms with van der Waals surface area (Å²) in [5, 5.41) is 18.5. The minimum absolute atomic E-state index is 0.116. The largest absolute Gasteiger partial charge is 0.387 e. The summed E-state index contributed by atoms with van der Waals surface area (Å²) in [6.45, 7) is 6.78. The van der Waals surface area contributed by atoms with E-state index in [9.17, 15) is 5.11 Å². The highest BCUT2D eigenvalue weighted by Crippen LogP contribution is 2.35. The normalized spacial score (nSPS) is 33.7. The second kappa shape index (κ2) is 6.93. The third kappa shape index (κ3) is 4.74. The van der Waals surface area contributed by atoms with Crippen LogP contribution in [0.1, 0.15) is 40.0 Å². The molecule has 2 N–H and O–H groups in total. The lowest BCUT2D eigenvalue weighted by atomic mass is 9.75. The quantitative estimate of drug-likeness (QED) is 0.750. The monoisotopic (exact) mass is 264 g/mol. The third-order valence-electron chi connectivity index (χ3n) is 3.76. The van der Waals surface area contributed by atoms with Crippen molar-refractivity contribution in [2.45, 2.75) is 57.8 Å². The van der Waals surface area contributed by atoms with E-state index in [1.807, 2.05) is 0 Å². The molecule has 0 aliphatic heterocycles. The molecular formula is C13H25ClO3. The summed E-state index contributed by atoms with van der Waals surface area (Å²) in [7, 11) is 0. The molecule has 0 radical (unpaired) electrons. The number of alkyl halides is 1. The summed E-state index contributed by atoms with van der Waals surface area (Å²) in [6.07, 6.45) is 2.66. The van der Waals surface area contributed by atoms with Crippen LogP contribution in [0.4, 0.5) is 0 Å². The van der Waals surface area contributed by atoms with E-state index >= 15 is 0 Å². The second-order valence-electron chi connectivity index (χ2n) is 5.64. The van der Waals surface area contributed by atoms with Gasteiger partial charge in [-0.3, -0.25) is 0 Å². The first-order valence-electron chi connectivity index (χ1n) is 6.53. The zero-order valence-electron chi connectivity index (χ0n) is 11.0. The Balaban J connectivity index is 2.46. The van der Waals surface area contributed by atoms with Crippen molar-refractivity contribution in [3.63, 3.8) is 0 Å². The van der Waals surface area contributed by atoms with Crippen molar-refractivity contribution in [1.82, 2.24) is 0 Å². The Morgan fingerprint density at radius 1 is 1.29 bits per heavy atom. The van der Waals surface area contributed by atoms with Crippen molar-refractivity contribution < 1.29 is 14.9 Å². The Morgan fingerprint density at radius 2 is 1.94 bits per heavy atom. The maximum Gasteiger partial charge on any atom is 0.155 e. The van der Waals surface area contributed by atoms with Gasteiger partial charge in [0.05, 0.1) is 12.7 Å². The van der Waals surface area contributed by atoms with Gasteiger partial charge in [0, 0.05) is 0 Å². The first-order valence-corrected chi connectivity index (χ1v) is 6.97. The highest BCUT2D eigenvalue weighted by Gasteiger charge is 2.32. The summed E-state index contributed by atoms with van der Waals surface area (Å²) >= 11 is 5.40. The first-order chi connectivity index (χ1) is 7.91. The van der Waals surface area contributed by atoms with Crippen LogP contribution in [0.5, 0.6) is 0 Å². The Labute approximate surface area is 109 Å². The van der Waals surface area contributed by atoms with E-state index in [2.05, 4.69) is 20.8 Å². The van der Waals surface area contributed by atoms with Gasteiger partial charge in [-0.25, -0.2) is 0 Å². The molecule has 5 atom stereocenters. The molecule has 1 aliphatic rings. The van der Waals surface area contributed by atoms with Gasteiger partial charge in [0.25, 0.3) is 0 Å². The number of aliphatic hydroxyl groups excluding tert-OH is 2.